The molecular formula is C13H16F3KN4O. The molecule has 5 nitrogen and oxygen atoms in total. The van der Waals surface area contributed by atoms with E-state index in [4.69, 9.17) is 0 Å². The molecule has 0 saturated carbocycles. The third-order valence-electron chi connectivity index (χ3n) is 3.17. The van der Waals surface area contributed by atoms with E-state index in [2.05, 4.69) is 20.6 Å². The summed E-state index contributed by atoms with van der Waals surface area (Å²) in [6.07, 6.45) is -3.19. The van der Waals surface area contributed by atoms with Crippen molar-refractivity contribution in [1.82, 2.24) is 20.6 Å². The van der Waals surface area contributed by atoms with Crippen molar-refractivity contribution in [1.29, 1.82) is 0 Å². The molecule has 2 aromatic rings. The third-order valence-corrected chi connectivity index (χ3v) is 3.17. The fourth-order valence-electron chi connectivity index (χ4n) is 2.05. The van der Waals surface area contributed by atoms with Crippen LogP contribution < -0.4 is 0 Å². The van der Waals surface area contributed by atoms with Crippen LogP contribution in [0, 0.1) is 0 Å². The second-order valence-electron chi connectivity index (χ2n) is 4.71. The molecule has 0 bridgehead atoms. The molecule has 0 spiro atoms. The van der Waals surface area contributed by atoms with Crippen molar-refractivity contribution in [2.45, 2.75) is 38.5 Å². The number of aromatic nitrogens is 4. The Morgan fingerprint density at radius 2 is 2.05 bits per heavy atom. The topological polar surface area (TPSA) is 74.7 Å². The predicted octanol–water partition coefficient (Wildman–Crippen LogP) is 2.46. The first-order valence-corrected chi connectivity index (χ1v) is 6.56. The maximum absolute atomic E-state index is 12.8. The Morgan fingerprint density at radius 3 is 2.59 bits per heavy atom. The SMILES string of the molecule is CCCCC(O)c1ccc(C(F)(F)F)cc1-c1nnn[nH]1.[KH]. The summed E-state index contributed by atoms with van der Waals surface area (Å²) in [6.45, 7) is 1.97. The van der Waals surface area contributed by atoms with E-state index in [1.807, 2.05) is 6.92 Å². The fourth-order valence-corrected chi connectivity index (χ4v) is 2.05. The molecule has 0 fully saturated rings. The molecule has 22 heavy (non-hydrogen) atoms. The Labute approximate surface area is 168 Å². The molecule has 0 aliphatic heterocycles. The first-order valence-electron chi connectivity index (χ1n) is 6.56. The van der Waals surface area contributed by atoms with Gasteiger partial charge >= 0.3 is 57.6 Å². The summed E-state index contributed by atoms with van der Waals surface area (Å²) in [6, 6.07) is 3.19. The summed E-state index contributed by atoms with van der Waals surface area (Å²) in [5.74, 6) is 0.103. The Balaban J connectivity index is 0.00000242. The van der Waals surface area contributed by atoms with Crippen molar-refractivity contribution in [3.8, 4) is 11.4 Å². The molecular weight excluding hydrogens is 324 g/mol. The predicted molar refractivity (Wildman–Crippen MR) is 76.2 cm³/mol. The molecule has 9 heteroatoms. The number of alkyl halides is 3. The second-order valence-corrected chi connectivity index (χ2v) is 4.71. The molecule has 116 valence electrons. The Kier molecular flexibility index (Phi) is 7.63. The number of hydrogen-bond acceptors (Lipinski definition) is 4. The maximum atomic E-state index is 12.8. The molecule has 0 aliphatic rings. The summed E-state index contributed by atoms with van der Waals surface area (Å²) < 4.78 is 38.5. The minimum atomic E-state index is -4.46. The van der Waals surface area contributed by atoms with Gasteiger partial charge in [0.15, 0.2) is 5.82 Å². The van der Waals surface area contributed by atoms with Crippen molar-refractivity contribution in [2.75, 3.05) is 0 Å². The number of benzene rings is 1. The average Bonchev–Trinajstić information content (AvgIpc) is 2.97. The number of aromatic amines is 1. The molecule has 2 N–H and O–H groups in total. The van der Waals surface area contributed by atoms with E-state index in [9.17, 15) is 18.3 Å². The minimum absolute atomic E-state index is 0. The van der Waals surface area contributed by atoms with Gasteiger partial charge < -0.3 is 5.11 Å². The van der Waals surface area contributed by atoms with Crippen LogP contribution in [0.1, 0.15) is 43.4 Å². The third kappa shape index (κ3) is 4.83. The molecule has 1 atom stereocenters. The number of halogens is 3. The molecule has 1 aromatic heterocycles. The van der Waals surface area contributed by atoms with Crippen LogP contribution in [-0.2, 0) is 6.18 Å². The van der Waals surface area contributed by atoms with Crippen molar-refractivity contribution in [3.63, 3.8) is 0 Å². The van der Waals surface area contributed by atoms with E-state index in [1.54, 1.807) is 0 Å². The molecule has 0 aliphatic carbocycles. The van der Waals surface area contributed by atoms with Gasteiger partial charge in [0, 0.05) is 5.56 Å². The average molecular weight is 340 g/mol. The van der Waals surface area contributed by atoms with Crippen LogP contribution in [0.4, 0.5) is 13.2 Å². The zero-order valence-electron chi connectivity index (χ0n) is 11.4. The summed E-state index contributed by atoms with van der Waals surface area (Å²) in [5, 5.41) is 23.0. The second kappa shape index (κ2) is 8.51. The van der Waals surface area contributed by atoms with E-state index < -0.39 is 17.8 Å². The van der Waals surface area contributed by atoms with Gasteiger partial charge in [-0.2, -0.15) is 13.2 Å². The van der Waals surface area contributed by atoms with Gasteiger partial charge in [0.1, 0.15) is 0 Å². The summed E-state index contributed by atoms with van der Waals surface area (Å²) >= 11 is 0. The van der Waals surface area contributed by atoms with Crippen LogP contribution >= 0.6 is 0 Å². The first-order chi connectivity index (χ1) is 9.93. The Hall–Kier alpha value is -0.324. The molecule has 0 saturated heterocycles. The number of H-pyrrole nitrogens is 1. The van der Waals surface area contributed by atoms with E-state index in [0.717, 1.165) is 25.0 Å². The Bertz CT molecular complexity index is 589. The number of nitrogens with zero attached hydrogens (tertiary/aromatic N) is 3. The number of tetrazole rings is 1. The zero-order chi connectivity index (χ0) is 15.5. The van der Waals surface area contributed by atoms with Crippen LogP contribution in [0.3, 0.4) is 0 Å². The Morgan fingerprint density at radius 1 is 1.32 bits per heavy atom. The fraction of sp³-hybridized carbons (Fsp3) is 0.462. The molecule has 1 aromatic carbocycles. The van der Waals surface area contributed by atoms with Crippen LogP contribution in [0.25, 0.3) is 11.4 Å². The quantitative estimate of drug-likeness (QED) is 0.820. The van der Waals surface area contributed by atoms with Gasteiger partial charge in [-0.05, 0) is 34.5 Å². The van der Waals surface area contributed by atoms with Gasteiger partial charge in [-0.1, -0.05) is 25.8 Å². The summed E-state index contributed by atoms with van der Waals surface area (Å²) in [7, 11) is 0. The van der Waals surface area contributed by atoms with Gasteiger partial charge in [-0.15, -0.1) is 5.10 Å². The van der Waals surface area contributed by atoms with Gasteiger partial charge in [0.2, 0.25) is 0 Å². The van der Waals surface area contributed by atoms with Crippen molar-refractivity contribution in [3.05, 3.63) is 29.3 Å². The van der Waals surface area contributed by atoms with Crippen LogP contribution in [0.5, 0.6) is 0 Å². The van der Waals surface area contributed by atoms with Gasteiger partial charge in [-0.25, -0.2) is 5.10 Å². The number of rotatable bonds is 5. The van der Waals surface area contributed by atoms with Crippen molar-refractivity contribution in [2.24, 2.45) is 0 Å². The zero-order valence-corrected chi connectivity index (χ0v) is 11.4. The number of hydrogen-bond donors (Lipinski definition) is 2. The van der Waals surface area contributed by atoms with E-state index in [0.29, 0.717) is 12.0 Å². The standard InChI is InChI=1S/C13H15F3N4O.K.H/c1-2-3-4-11(21)9-6-5-8(13(14,15)16)7-10(9)12-17-19-20-18-12;;/h5-7,11,21H,2-4H2,1H3,(H,17,18,19,20);;. The van der Waals surface area contributed by atoms with E-state index >= 15 is 0 Å². The monoisotopic (exact) mass is 340 g/mol. The van der Waals surface area contributed by atoms with Crippen LogP contribution in [0.2, 0.25) is 0 Å². The van der Waals surface area contributed by atoms with Crippen molar-refractivity contribution >= 4 is 51.4 Å². The molecule has 0 amide bonds. The van der Waals surface area contributed by atoms with Crippen molar-refractivity contribution < 1.29 is 18.3 Å². The van der Waals surface area contributed by atoms with Gasteiger partial charge in [0.25, 0.3) is 0 Å². The number of unbranched alkanes of at least 4 members (excludes halogenated alkanes) is 1. The van der Waals surface area contributed by atoms with Gasteiger partial charge in [0.05, 0.1) is 11.7 Å². The first kappa shape index (κ1) is 19.7. The van der Waals surface area contributed by atoms with Crippen LogP contribution in [0.15, 0.2) is 18.2 Å². The molecule has 2 rings (SSSR count). The number of aliphatic hydroxyl groups is 1. The van der Waals surface area contributed by atoms with E-state index in [-0.39, 0.29) is 62.8 Å². The molecule has 1 heterocycles. The molecule has 0 radical (unpaired) electrons. The van der Waals surface area contributed by atoms with Gasteiger partial charge in [-0.3, -0.25) is 0 Å². The summed E-state index contributed by atoms with van der Waals surface area (Å²) in [5.41, 5.74) is -0.256. The normalized spacial score (nSPS) is 12.8. The number of nitrogens with one attached hydrogen (secondary N) is 1. The number of aliphatic hydroxyl groups excluding tert-OH is 1. The summed E-state index contributed by atoms with van der Waals surface area (Å²) in [4.78, 5) is 0. The molecule has 1 unspecified atom stereocenters. The van der Waals surface area contributed by atoms with Crippen LogP contribution in [-0.4, -0.2) is 77.1 Å². The van der Waals surface area contributed by atoms with E-state index in [1.165, 1.54) is 6.07 Å².